The summed E-state index contributed by atoms with van der Waals surface area (Å²) in [7, 11) is 0. The predicted molar refractivity (Wildman–Crippen MR) is 44.6 cm³/mol. The molecule has 3 heteroatoms. The summed E-state index contributed by atoms with van der Waals surface area (Å²) in [5.74, 6) is 0.270. The number of aliphatic hydroxyl groups is 1. The molecule has 1 saturated carbocycles. The smallest absolute Gasteiger partial charge is 0.115 e. The van der Waals surface area contributed by atoms with E-state index in [1.807, 2.05) is 0 Å². The Kier molecular flexibility index (Phi) is 2.04. The maximum absolute atomic E-state index is 9.59. The van der Waals surface area contributed by atoms with Gasteiger partial charge in [0, 0.05) is 18.3 Å². The third-order valence-corrected chi connectivity index (χ3v) is 2.49. The van der Waals surface area contributed by atoms with Gasteiger partial charge in [-0.15, -0.1) is 0 Å². The minimum atomic E-state index is -0.184. The summed E-state index contributed by atoms with van der Waals surface area (Å²) in [5.41, 5.74) is 1.07. The average molecular weight is 164 g/mol. The van der Waals surface area contributed by atoms with Crippen LogP contribution in [0.4, 0.5) is 0 Å². The fraction of sp³-hybridized carbons (Fsp3) is 0.556. The van der Waals surface area contributed by atoms with E-state index in [-0.39, 0.29) is 12.0 Å². The van der Waals surface area contributed by atoms with Crippen LogP contribution in [0.1, 0.15) is 30.7 Å². The van der Waals surface area contributed by atoms with Gasteiger partial charge in [0.05, 0.1) is 6.10 Å². The van der Waals surface area contributed by atoms with Gasteiger partial charge in [0.2, 0.25) is 0 Å². The molecule has 1 aromatic rings. The van der Waals surface area contributed by atoms with Crippen molar-refractivity contribution < 1.29 is 5.11 Å². The van der Waals surface area contributed by atoms with Gasteiger partial charge in [-0.05, 0) is 18.4 Å². The molecule has 0 spiro atoms. The number of nitrogens with zero attached hydrogens (tertiary/aromatic N) is 2. The first-order valence-corrected chi connectivity index (χ1v) is 4.31. The molecular weight excluding hydrogens is 152 g/mol. The molecule has 3 nitrogen and oxygen atoms in total. The Labute approximate surface area is 71.5 Å². The maximum Gasteiger partial charge on any atom is 0.115 e. The Morgan fingerprint density at radius 1 is 1.25 bits per heavy atom. The molecule has 1 aromatic heterocycles. The Bertz CT molecular complexity index is 250. The molecule has 1 fully saturated rings. The molecule has 0 radical (unpaired) electrons. The highest BCUT2D eigenvalue weighted by Gasteiger charge is 2.26. The number of hydrogen-bond acceptors (Lipinski definition) is 3. The summed E-state index contributed by atoms with van der Waals surface area (Å²) in [6.45, 7) is 0. The number of hydrogen-bond donors (Lipinski definition) is 1. The lowest BCUT2D eigenvalue weighted by molar-refractivity contribution is 0.163. The minimum Gasteiger partial charge on any atom is -0.392 e. The van der Waals surface area contributed by atoms with Crippen molar-refractivity contribution in [1.82, 2.24) is 9.97 Å². The van der Waals surface area contributed by atoms with E-state index in [9.17, 15) is 5.11 Å². The van der Waals surface area contributed by atoms with E-state index < -0.39 is 0 Å². The summed E-state index contributed by atoms with van der Waals surface area (Å²) in [5, 5.41) is 9.59. The number of aliphatic hydroxyl groups excluding tert-OH is 1. The van der Waals surface area contributed by atoms with E-state index >= 15 is 0 Å². The molecule has 0 aromatic carbocycles. The molecule has 1 heterocycles. The molecule has 2 atom stereocenters. The fourth-order valence-electron chi connectivity index (χ4n) is 1.83. The zero-order valence-electron chi connectivity index (χ0n) is 6.85. The van der Waals surface area contributed by atoms with Crippen LogP contribution in [0.3, 0.4) is 0 Å². The second kappa shape index (κ2) is 3.19. The molecule has 2 rings (SSSR count). The highest BCUT2D eigenvalue weighted by Crippen LogP contribution is 2.33. The molecule has 64 valence electrons. The first-order valence-electron chi connectivity index (χ1n) is 4.31. The van der Waals surface area contributed by atoms with Crippen LogP contribution < -0.4 is 0 Å². The molecule has 12 heavy (non-hydrogen) atoms. The van der Waals surface area contributed by atoms with Crippen molar-refractivity contribution in [1.29, 1.82) is 0 Å². The Morgan fingerprint density at radius 3 is 2.58 bits per heavy atom. The summed E-state index contributed by atoms with van der Waals surface area (Å²) in [6, 6.07) is 0. The van der Waals surface area contributed by atoms with Crippen molar-refractivity contribution in [2.75, 3.05) is 0 Å². The largest absolute Gasteiger partial charge is 0.392 e. The Morgan fingerprint density at radius 2 is 2.00 bits per heavy atom. The van der Waals surface area contributed by atoms with Crippen molar-refractivity contribution in [2.45, 2.75) is 31.3 Å². The lowest BCUT2D eigenvalue weighted by atomic mass is 9.99. The zero-order valence-corrected chi connectivity index (χ0v) is 6.85. The van der Waals surface area contributed by atoms with Crippen LogP contribution in [-0.2, 0) is 0 Å². The molecule has 1 aliphatic carbocycles. The summed E-state index contributed by atoms with van der Waals surface area (Å²) in [6.07, 6.45) is 8.02. The quantitative estimate of drug-likeness (QED) is 0.676. The fourth-order valence-corrected chi connectivity index (χ4v) is 1.83. The van der Waals surface area contributed by atoms with Crippen LogP contribution in [0.5, 0.6) is 0 Å². The average Bonchev–Trinajstić information content (AvgIpc) is 2.53. The van der Waals surface area contributed by atoms with Crippen LogP contribution in [0, 0.1) is 0 Å². The van der Waals surface area contributed by atoms with Crippen LogP contribution >= 0.6 is 0 Å². The van der Waals surface area contributed by atoms with Crippen molar-refractivity contribution in [3.63, 3.8) is 0 Å². The second-order valence-electron chi connectivity index (χ2n) is 3.28. The molecule has 0 amide bonds. The van der Waals surface area contributed by atoms with E-state index in [1.54, 1.807) is 12.4 Å². The van der Waals surface area contributed by atoms with E-state index in [0.29, 0.717) is 0 Å². The molecule has 1 aliphatic rings. The zero-order chi connectivity index (χ0) is 8.39. The van der Waals surface area contributed by atoms with E-state index in [4.69, 9.17) is 0 Å². The van der Waals surface area contributed by atoms with E-state index in [0.717, 1.165) is 24.8 Å². The molecule has 0 aliphatic heterocycles. The van der Waals surface area contributed by atoms with Crippen LogP contribution in [0.15, 0.2) is 18.7 Å². The highest BCUT2D eigenvalue weighted by atomic mass is 16.3. The topological polar surface area (TPSA) is 46.0 Å². The van der Waals surface area contributed by atoms with Crippen molar-refractivity contribution in [3.8, 4) is 0 Å². The summed E-state index contributed by atoms with van der Waals surface area (Å²) >= 11 is 0. The summed E-state index contributed by atoms with van der Waals surface area (Å²) in [4.78, 5) is 7.88. The molecule has 0 bridgehead atoms. The van der Waals surface area contributed by atoms with Gasteiger partial charge >= 0.3 is 0 Å². The maximum atomic E-state index is 9.59. The normalized spacial score (nSPS) is 29.1. The number of rotatable bonds is 1. The van der Waals surface area contributed by atoms with Crippen molar-refractivity contribution >= 4 is 0 Å². The Hall–Kier alpha value is -0.960. The SMILES string of the molecule is O[C@@H]1CCC[C@H]1c1cncnc1. The lowest BCUT2D eigenvalue weighted by Crippen LogP contribution is -2.11. The van der Waals surface area contributed by atoms with Gasteiger partial charge in [0.15, 0.2) is 0 Å². The minimum absolute atomic E-state index is 0.184. The van der Waals surface area contributed by atoms with Crippen molar-refractivity contribution in [3.05, 3.63) is 24.3 Å². The highest BCUT2D eigenvalue weighted by molar-refractivity contribution is 5.13. The van der Waals surface area contributed by atoms with Gasteiger partial charge in [-0.3, -0.25) is 0 Å². The van der Waals surface area contributed by atoms with E-state index in [1.165, 1.54) is 6.33 Å². The van der Waals surface area contributed by atoms with Gasteiger partial charge in [0.25, 0.3) is 0 Å². The first kappa shape index (κ1) is 7.68. The van der Waals surface area contributed by atoms with Gasteiger partial charge in [-0.2, -0.15) is 0 Å². The monoisotopic (exact) mass is 164 g/mol. The van der Waals surface area contributed by atoms with Crippen LogP contribution in [-0.4, -0.2) is 21.2 Å². The van der Waals surface area contributed by atoms with Crippen LogP contribution in [0.25, 0.3) is 0 Å². The predicted octanol–water partition coefficient (Wildman–Crippen LogP) is 1.10. The third-order valence-electron chi connectivity index (χ3n) is 2.49. The van der Waals surface area contributed by atoms with Gasteiger partial charge in [-0.25, -0.2) is 9.97 Å². The molecule has 1 N–H and O–H groups in total. The standard InChI is InChI=1S/C9H12N2O/c12-9-3-1-2-8(9)7-4-10-6-11-5-7/h4-6,8-9,12H,1-3H2/t8-,9+/m0/s1. The first-order chi connectivity index (χ1) is 5.88. The van der Waals surface area contributed by atoms with Gasteiger partial charge in [0.1, 0.15) is 6.33 Å². The second-order valence-corrected chi connectivity index (χ2v) is 3.28. The van der Waals surface area contributed by atoms with Gasteiger partial charge in [-0.1, -0.05) is 6.42 Å². The summed E-state index contributed by atoms with van der Waals surface area (Å²) < 4.78 is 0. The molecular formula is C9H12N2O. The molecule has 0 unspecified atom stereocenters. The number of aromatic nitrogens is 2. The van der Waals surface area contributed by atoms with E-state index in [2.05, 4.69) is 9.97 Å². The van der Waals surface area contributed by atoms with Gasteiger partial charge < -0.3 is 5.11 Å². The Balaban J connectivity index is 2.19. The van der Waals surface area contributed by atoms with Crippen molar-refractivity contribution in [2.24, 2.45) is 0 Å². The molecule has 0 saturated heterocycles. The van der Waals surface area contributed by atoms with Crippen LogP contribution in [0.2, 0.25) is 0 Å². The lowest BCUT2D eigenvalue weighted by Gasteiger charge is -2.12. The third kappa shape index (κ3) is 1.32.